The van der Waals surface area contributed by atoms with Crippen molar-refractivity contribution in [1.29, 1.82) is 0 Å². The highest BCUT2D eigenvalue weighted by molar-refractivity contribution is 9.10. The third-order valence-corrected chi connectivity index (χ3v) is 4.43. The summed E-state index contributed by atoms with van der Waals surface area (Å²) in [5, 5.41) is 8.85. The lowest BCUT2D eigenvalue weighted by molar-refractivity contribution is -0.138. The highest BCUT2D eigenvalue weighted by atomic mass is 79.9. The predicted octanol–water partition coefficient (Wildman–Crippen LogP) is 3.72. The van der Waals surface area contributed by atoms with Gasteiger partial charge in [0.2, 0.25) is 0 Å². The minimum absolute atomic E-state index is 0.0830. The molecule has 92 valence electrons. The smallest absolute Gasteiger partial charge is 0.306 e. The topological polar surface area (TPSA) is 37.3 Å². The number of carboxylic acids is 1. The van der Waals surface area contributed by atoms with Crippen LogP contribution >= 0.6 is 15.9 Å². The molecule has 2 unspecified atom stereocenters. The zero-order chi connectivity index (χ0) is 12.6. The largest absolute Gasteiger partial charge is 0.481 e. The first-order chi connectivity index (χ1) is 7.99. The minimum atomic E-state index is -0.630. The molecule has 1 N–H and O–H groups in total. The second kappa shape index (κ2) is 4.81. The lowest BCUT2D eigenvalue weighted by Gasteiger charge is -2.08. The van der Waals surface area contributed by atoms with Crippen LogP contribution in [0.2, 0.25) is 0 Å². The van der Waals surface area contributed by atoms with Crippen molar-refractivity contribution in [2.75, 3.05) is 0 Å². The van der Waals surface area contributed by atoms with Gasteiger partial charge in [-0.25, -0.2) is 0 Å². The van der Waals surface area contributed by atoms with E-state index in [2.05, 4.69) is 41.9 Å². The molecule has 0 radical (unpaired) electrons. The standard InChI is InChI=1S/C14H17BrO2/c1-8-5-11(13(15)6-9(8)2)4-3-10-7-12(10)14(16)17/h5-6,10,12H,3-4,7H2,1-2H3,(H,16,17). The molecule has 2 rings (SSSR count). The molecule has 0 spiro atoms. The zero-order valence-corrected chi connectivity index (χ0v) is 11.8. The number of aryl methyl sites for hydroxylation is 3. The molecule has 3 heteroatoms. The number of hydrogen-bond acceptors (Lipinski definition) is 1. The van der Waals surface area contributed by atoms with Crippen molar-refractivity contribution < 1.29 is 9.90 Å². The van der Waals surface area contributed by atoms with Gasteiger partial charge in [0.05, 0.1) is 5.92 Å². The number of halogens is 1. The molecular formula is C14H17BrO2. The Bertz CT molecular complexity index is 454. The molecule has 0 heterocycles. The lowest BCUT2D eigenvalue weighted by atomic mass is 10.0. The van der Waals surface area contributed by atoms with Gasteiger partial charge in [0.15, 0.2) is 0 Å². The van der Waals surface area contributed by atoms with Crippen molar-refractivity contribution >= 4 is 21.9 Å². The molecule has 1 aromatic carbocycles. The van der Waals surface area contributed by atoms with Crippen molar-refractivity contribution in [1.82, 2.24) is 0 Å². The normalized spacial score (nSPS) is 22.5. The van der Waals surface area contributed by atoms with Gasteiger partial charge in [-0.15, -0.1) is 0 Å². The summed E-state index contributed by atoms with van der Waals surface area (Å²) in [5.74, 6) is -0.324. The number of aliphatic carboxylic acids is 1. The van der Waals surface area contributed by atoms with Crippen LogP contribution < -0.4 is 0 Å². The fourth-order valence-corrected chi connectivity index (χ4v) is 2.90. The van der Waals surface area contributed by atoms with Crippen LogP contribution in [0.3, 0.4) is 0 Å². The number of rotatable bonds is 4. The summed E-state index contributed by atoms with van der Waals surface area (Å²) in [6.45, 7) is 4.22. The molecule has 17 heavy (non-hydrogen) atoms. The Morgan fingerprint density at radius 1 is 1.41 bits per heavy atom. The fraction of sp³-hybridized carbons (Fsp3) is 0.500. The second-order valence-corrected chi connectivity index (χ2v) is 5.86. The van der Waals surface area contributed by atoms with Gasteiger partial charge in [0.25, 0.3) is 0 Å². The summed E-state index contributed by atoms with van der Waals surface area (Å²) < 4.78 is 1.15. The van der Waals surface area contributed by atoms with E-state index in [0.717, 1.165) is 23.7 Å². The number of hydrogen-bond donors (Lipinski definition) is 1. The van der Waals surface area contributed by atoms with Gasteiger partial charge < -0.3 is 5.11 Å². The van der Waals surface area contributed by atoms with Gasteiger partial charge in [-0.05, 0) is 61.8 Å². The van der Waals surface area contributed by atoms with Crippen molar-refractivity contribution in [3.8, 4) is 0 Å². The highest BCUT2D eigenvalue weighted by Gasteiger charge is 2.42. The summed E-state index contributed by atoms with van der Waals surface area (Å²) in [4.78, 5) is 10.7. The van der Waals surface area contributed by atoms with Crippen molar-refractivity contribution in [3.63, 3.8) is 0 Å². The van der Waals surface area contributed by atoms with Gasteiger partial charge in [0, 0.05) is 4.47 Å². The summed E-state index contributed by atoms with van der Waals surface area (Å²) in [7, 11) is 0. The maximum absolute atomic E-state index is 10.7. The Labute approximate surface area is 110 Å². The summed E-state index contributed by atoms with van der Waals surface area (Å²) in [5.41, 5.74) is 3.88. The highest BCUT2D eigenvalue weighted by Crippen LogP contribution is 2.42. The molecule has 0 aliphatic heterocycles. The van der Waals surface area contributed by atoms with E-state index in [1.165, 1.54) is 16.7 Å². The van der Waals surface area contributed by atoms with E-state index in [1.807, 2.05) is 0 Å². The van der Waals surface area contributed by atoms with Gasteiger partial charge >= 0.3 is 5.97 Å². The van der Waals surface area contributed by atoms with Crippen LogP contribution in [0.4, 0.5) is 0 Å². The number of carbonyl (C=O) groups is 1. The molecule has 1 aromatic rings. The molecule has 0 saturated heterocycles. The third kappa shape index (κ3) is 2.89. The number of benzene rings is 1. The Hall–Kier alpha value is -0.830. The van der Waals surface area contributed by atoms with Gasteiger partial charge in [0.1, 0.15) is 0 Å². The maximum atomic E-state index is 10.7. The maximum Gasteiger partial charge on any atom is 0.306 e. The average molecular weight is 297 g/mol. The van der Waals surface area contributed by atoms with Crippen LogP contribution in [0.25, 0.3) is 0 Å². The first-order valence-electron chi connectivity index (χ1n) is 5.97. The lowest BCUT2D eigenvalue weighted by Crippen LogP contribution is -2.00. The van der Waals surface area contributed by atoms with Crippen molar-refractivity contribution in [2.24, 2.45) is 11.8 Å². The Morgan fingerprint density at radius 2 is 2.06 bits per heavy atom. The molecule has 1 aliphatic rings. The van der Waals surface area contributed by atoms with Crippen molar-refractivity contribution in [3.05, 3.63) is 33.3 Å². The van der Waals surface area contributed by atoms with E-state index in [1.54, 1.807) is 0 Å². The summed E-state index contributed by atoms with van der Waals surface area (Å²) in [6, 6.07) is 4.35. The third-order valence-electron chi connectivity index (χ3n) is 3.69. The van der Waals surface area contributed by atoms with E-state index in [9.17, 15) is 4.79 Å². The zero-order valence-electron chi connectivity index (χ0n) is 10.2. The molecule has 2 nitrogen and oxygen atoms in total. The van der Waals surface area contributed by atoms with Gasteiger partial charge in [-0.2, -0.15) is 0 Å². The quantitative estimate of drug-likeness (QED) is 0.919. The van der Waals surface area contributed by atoms with Gasteiger partial charge in [-0.1, -0.05) is 22.0 Å². The van der Waals surface area contributed by atoms with E-state index in [4.69, 9.17) is 5.11 Å². The van der Waals surface area contributed by atoms with Crippen LogP contribution in [-0.4, -0.2) is 11.1 Å². The van der Waals surface area contributed by atoms with Gasteiger partial charge in [-0.3, -0.25) is 4.79 Å². The van der Waals surface area contributed by atoms with Crippen LogP contribution in [-0.2, 0) is 11.2 Å². The Morgan fingerprint density at radius 3 is 2.65 bits per heavy atom. The molecule has 1 aliphatic carbocycles. The van der Waals surface area contributed by atoms with E-state index >= 15 is 0 Å². The minimum Gasteiger partial charge on any atom is -0.481 e. The first-order valence-corrected chi connectivity index (χ1v) is 6.76. The molecule has 0 aromatic heterocycles. The molecule has 0 bridgehead atoms. The Balaban J connectivity index is 1.96. The van der Waals surface area contributed by atoms with E-state index in [0.29, 0.717) is 5.92 Å². The van der Waals surface area contributed by atoms with Crippen LogP contribution in [0.5, 0.6) is 0 Å². The monoisotopic (exact) mass is 296 g/mol. The Kier molecular flexibility index (Phi) is 3.57. The van der Waals surface area contributed by atoms with Crippen LogP contribution in [0, 0.1) is 25.7 Å². The summed E-state index contributed by atoms with van der Waals surface area (Å²) in [6.07, 6.45) is 2.81. The van der Waals surface area contributed by atoms with Crippen molar-refractivity contribution in [2.45, 2.75) is 33.1 Å². The summed E-state index contributed by atoms with van der Waals surface area (Å²) >= 11 is 3.58. The van der Waals surface area contributed by atoms with Crippen LogP contribution in [0.15, 0.2) is 16.6 Å². The fourth-order valence-electron chi connectivity index (χ4n) is 2.24. The van der Waals surface area contributed by atoms with E-state index < -0.39 is 5.97 Å². The molecule has 1 saturated carbocycles. The second-order valence-electron chi connectivity index (χ2n) is 5.01. The predicted molar refractivity (Wildman–Crippen MR) is 71.2 cm³/mol. The molecule has 0 amide bonds. The SMILES string of the molecule is Cc1cc(Br)c(CCC2CC2C(=O)O)cc1C. The van der Waals surface area contributed by atoms with E-state index in [-0.39, 0.29) is 5.92 Å². The first kappa shape index (κ1) is 12.6. The van der Waals surface area contributed by atoms with Crippen LogP contribution in [0.1, 0.15) is 29.5 Å². The molecular weight excluding hydrogens is 280 g/mol. The average Bonchev–Trinajstić information content (AvgIpc) is 3.01. The number of carboxylic acid groups (broad SMARTS) is 1. The molecule has 1 fully saturated rings. The molecule has 2 atom stereocenters.